The Balaban J connectivity index is 1.64. The largest absolute Gasteiger partial charge is 0.486 e. The fraction of sp³-hybridized carbons (Fsp3) is 0.389. The Kier molecular flexibility index (Phi) is 4.67. The van der Waals surface area contributed by atoms with Crippen molar-refractivity contribution in [2.24, 2.45) is 7.05 Å². The van der Waals surface area contributed by atoms with Crippen LogP contribution < -0.4 is 15.0 Å². The summed E-state index contributed by atoms with van der Waals surface area (Å²) in [5, 5.41) is 0. The highest BCUT2D eigenvalue weighted by Gasteiger charge is 2.22. The van der Waals surface area contributed by atoms with Crippen molar-refractivity contribution in [1.29, 1.82) is 0 Å². The lowest BCUT2D eigenvalue weighted by atomic mass is 10.2. The molecular formula is C18H22N2O3. The van der Waals surface area contributed by atoms with E-state index in [1.807, 2.05) is 36.5 Å². The molecule has 1 aliphatic rings. The van der Waals surface area contributed by atoms with Crippen molar-refractivity contribution in [2.75, 3.05) is 19.7 Å². The molecule has 3 rings (SSSR count). The molecule has 0 saturated heterocycles. The predicted molar refractivity (Wildman–Crippen MR) is 89.0 cm³/mol. The first kappa shape index (κ1) is 15.6. The zero-order valence-electron chi connectivity index (χ0n) is 13.6. The lowest BCUT2D eigenvalue weighted by Gasteiger charge is -2.30. The Labute approximate surface area is 136 Å². The average Bonchev–Trinajstić information content (AvgIpc) is 2.57. The highest BCUT2D eigenvalue weighted by molar-refractivity contribution is 5.40. The Morgan fingerprint density at radius 3 is 2.78 bits per heavy atom. The van der Waals surface area contributed by atoms with Gasteiger partial charge in [0, 0.05) is 32.4 Å². The van der Waals surface area contributed by atoms with Gasteiger partial charge in [-0.25, -0.2) is 0 Å². The molecule has 1 aromatic carbocycles. The fourth-order valence-corrected chi connectivity index (χ4v) is 2.69. The molecule has 2 aromatic rings. The zero-order valence-corrected chi connectivity index (χ0v) is 13.6. The first-order valence-electron chi connectivity index (χ1n) is 7.92. The molecule has 0 radical (unpaired) electrons. The van der Waals surface area contributed by atoms with Crippen LogP contribution in [-0.4, -0.2) is 35.3 Å². The number of aromatic nitrogens is 1. The van der Waals surface area contributed by atoms with Gasteiger partial charge in [0.2, 0.25) is 0 Å². The van der Waals surface area contributed by atoms with E-state index < -0.39 is 0 Å². The minimum atomic E-state index is -0.00334. The van der Waals surface area contributed by atoms with Crippen molar-refractivity contribution >= 4 is 0 Å². The predicted octanol–water partition coefficient (Wildman–Crippen LogP) is 2.05. The van der Waals surface area contributed by atoms with E-state index in [1.54, 1.807) is 17.7 Å². The van der Waals surface area contributed by atoms with Crippen molar-refractivity contribution in [1.82, 2.24) is 9.47 Å². The third-order valence-electron chi connectivity index (χ3n) is 4.05. The number of aryl methyl sites for hydroxylation is 1. The number of likely N-dealkylation sites (N-methyl/N-ethyl adjacent to an activating group) is 1. The molecule has 5 nitrogen and oxygen atoms in total. The number of benzene rings is 1. The minimum absolute atomic E-state index is 0.00334. The summed E-state index contributed by atoms with van der Waals surface area (Å²) in [6, 6.07) is 11.4. The Morgan fingerprint density at radius 2 is 2.04 bits per heavy atom. The molecule has 1 atom stereocenters. The second-order valence-corrected chi connectivity index (χ2v) is 5.81. The molecule has 0 saturated carbocycles. The van der Waals surface area contributed by atoms with Crippen LogP contribution in [0.2, 0.25) is 0 Å². The number of para-hydroxylation sites is 2. The summed E-state index contributed by atoms with van der Waals surface area (Å²) in [4.78, 5) is 14.0. The summed E-state index contributed by atoms with van der Waals surface area (Å²) < 4.78 is 13.4. The Hall–Kier alpha value is -2.27. The van der Waals surface area contributed by atoms with Crippen molar-refractivity contribution in [2.45, 2.75) is 19.6 Å². The first-order valence-corrected chi connectivity index (χ1v) is 7.92. The van der Waals surface area contributed by atoms with Gasteiger partial charge in [-0.15, -0.1) is 0 Å². The standard InChI is InChI=1S/C18H22N2O3/c1-3-20(11-14-8-9-19(2)18(21)10-14)12-15-13-22-16-6-4-5-7-17(16)23-15/h4-10,15H,3,11-13H2,1-2H3/t15-/m0/s1. The molecule has 0 spiro atoms. The SMILES string of the molecule is CCN(Cc1ccn(C)c(=O)c1)C[C@H]1COc2ccccc2O1. The van der Waals surface area contributed by atoms with E-state index in [-0.39, 0.29) is 11.7 Å². The van der Waals surface area contributed by atoms with Crippen LogP contribution in [0, 0.1) is 0 Å². The van der Waals surface area contributed by atoms with E-state index in [0.29, 0.717) is 6.61 Å². The maximum Gasteiger partial charge on any atom is 0.250 e. The molecule has 1 aromatic heterocycles. The third kappa shape index (κ3) is 3.74. The van der Waals surface area contributed by atoms with E-state index in [9.17, 15) is 4.79 Å². The molecule has 0 unspecified atom stereocenters. The Bertz CT molecular complexity index is 726. The van der Waals surface area contributed by atoms with Crippen molar-refractivity contribution in [3.8, 4) is 11.5 Å². The second kappa shape index (κ2) is 6.87. The van der Waals surface area contributed by atoms with E-state index in [1.165, 1.54) is 0 Å². The normalized spacial score (nSPS) is 16.6. The van der Waals surface area contributed by atoms with Crippen LogP contribution in [0.5, 0.6) is 11.5 Å². The van der Waals surface area contributed by atoms with Crippen LogP contribution in [-0.2, 0) is 13.6 Å². The summed E-state index contributed by atoms with van der Waals surface area (Å²) in [5.74, 6) is 1.60. The minimum Gasteiger partial charge on any atom is -0.486 e. The number of hydrogen-bond acceptors (Lipinski definition) is 4. The number of hydrogen-bond donors (Lipinski definition) is 0. The lowest BCUT2D eigenvalue weighted by molar-refractivity contribution is 0.0580. The van der Waals surface area contributed by atoms with Gasteiger partial charge in [-0.3, -0.25) is 9.69 Å². The lowest BCUT2D eigenvalue weighted by Crippen LogP contribution is -2.40. The van der Waals surface area contributed by atoms with Crippen molar-refractivity contribution in [3.63, 3.8) is 0 Å². The third-order valence-corrected chi connectivity index (χ3v) is 4.05. The van der Waals surface area contributed by atoms with Gasteiger partial charge in [0.15, 0.2) is 11.5 Å². The molecule has 5 heteroatoms. The number of ether oxygens (including phenoxy) is 2. The van der Waals surface area contributed by atoms with Crippen LogP contribution in [0.4, 0.5) is 0 Å². The molecular weight excluding hydrogens is 292 g/mol. The highest BCUT2D eigenvalue weighted by atomic mass is 16.6. The topological polar surface area (TPSA) is 43.7 Å². The average molecular weight is 314 g/mol. The fourth-order valence-electron chi connectivity index (χ4n) is 2.69. The maximum atomic E-state index is 11.7. The summed E-state index contributed by atoms with van der Waals surface area (Å²) >= 11 is 0. The summed E-state index contributed by atoms with van der Waals surface area (Å²) in [6.07, 6.45) is 1.80. The molecule has 0 aliphatic carbocycles. The van der Waals surface area contributed by atoms with Crippen molar-refractivity contribution < 1.29 is 9.47 Å². The smallest absolute Gasteiger partial charge is 0.250 e. The molecule has 2 heterocycles. The van der Waals surface area contributed by atoms with Crippen LogP contribution >= 0.6 is 0 Å². The van der Waals surface area contributed by atoms with Crippen LogP contribution in [0.25, 0.3) is 0 Å². The van der Waals surface area contributed by atoms with E-state index in [2.05, 4.69) is 11.8 Å². The number of rotatable bonds is 5. The number of pyridine rings is 1. The van der Waals surface area contributed by atoms with E-state index in [0.717, 1.165) is 36.7 Å². The molecule has 0 bridgehead atoms. The van der Waals surface area contributed by atoms with Gasteiger partial charge in [0.05, 0.1) is 0 Å². The van der Waals surface area contributed by atoms with Crippen LogP contribution in [0.3, 0.4) is 0 Å². The van der Waals surface area contributed by atoms with Crippen molar-refractivity contribution in [3.05, 3.63) is 58.5 Å². The Morgan fingerprint density at radius 1 is 1.26 bits per heavy atom. The molecule has 1 aliphatic heterocycles. The van der Waals surface area contributed by atoms with Gasteiger partial charge >= 0.3 is 0 Å². The molecule has 0 amide bonds. The van der Waals surface area contributed by atoms with Gasteiger partial charge in [0.25, 0.3) is 5.56 Å². The number of nitrogens with zero attached hydrogens (tertiary/aromatic N) is 2. The van der Waals surface area contributed by atoms with Gasteiger partial charge in [0.1, 0.15) is 12.7 Å². The highest BCUT2D eigenvalue weighted by Crippen LogP contribution is 2.31. The monoisotopic (exact) mass is 314 g/mol. The number of fused-ring (bicyclic) bond motifs is 1. The first-order chi connectivity index (χ1) is 11.2. The molecule has 0 N–H and O–H groups in total. The van der Waals surface area contributed by atoms with Gasteiger partial charge in [-0.1, -0.05) is 19.1 Å². The van der Waals surface area contributed by atoms with E-state index in [4.69, 9.17) is 9.47 Å². The second-order valence-electron chi connectivity index (χ2n) is 5.81. The maximum absolute atomic E-state index is 11.7. The molecule has 23 heavy (non-hydrogen) atoms. The van der Waals surface area contributed by atoms with Gasteiger partial charge in [-0.05, 0) is 30.3 Å². The molecule has 0 fully saturated rings. The van der Waals surface area contributed by atoms with E-state index >= 15 is 0 Å². The van der Waals surface area contributed by atoms with Crippen LogP contribution in [0.15, 0.2) is 47.4 Å². The van der Waals surface area contributed by atoms with Gasteiger partial charge in [-0.2, -0.15) is 0 Å². The quantitative estimate of drug-likeness (QED) is 0.847. The molecule has 122 valence electrons. The zero-order chi connectivity index (χ0) is 16.2. The summed E-state index contributed by atoms with van der Waals surface area (Å²) in [7, 11) is 1.76. The summed E-state index contributed by atoms with van der Waals surface area (Å²) in [5.41, 5.74) is 1.04. The summed E-state index contributed by atoms with van der Waals surface area (Å²) in [6.45, 7) is 5.04. The van der Waals surface area contributed by atoms with Gasteiger partial charge < -0.3 is 14.0 Å². The van der Waals surface area contributed by atoms with Crippen LogP contribution in [0.1, 0.15) is 12.5 Å².